The van der Waals surface area contributed by atoms with Crippen LogP contribution >= 0.6 is 0 Å². The van der Waals surface area contributed by atoms with Crippen molar-refractivity contribution in [1.82, 2.24) is 0 Å². The van der Waals surface area contributed by atoms with E-state index in [9.17, 15) is 4.79 Å². The van der Waals surface area contributed by atoms with Crippen LogP contribution in [-0.2, 0) is 4.79 Å². The number of carbonyl (C=O) groups excluding carboxylic acids is 1. The number of furan rings is 1. The van der Waals surface area contributed by atoms with Crippen LogP contribution in [-0.4, -0.2) is 11.9 Å². The molecule has 0 radical (unpaired) electrons. The van der Waals surface area contributed by atoms with Crippen molar-refractivity contribution in [3.05, 3.63) is 30.2 Å². The summed E-state index contributed by atoms with van der Waals surface area (Å²) >= 11 is 0. The van der Waals surface area contributed by atoms with Crippen molar-refractivity contribution in [2.45, 2.75) is 12.5 Å². The Morgan fingerprint density at radius 1 is 1.69 bits per heavy atom. The van der Waals surface area contributed by atoms with Crippen LogP contribution in [0.2, 0.25) is 0 Å². The van der Waals surface area contributed by atoms with Gasteiger partial charge in [0.05, 0.1) is 6.26 Å². The molecule has 4 N–H and O–H groups in total. The van der Waals surface area contributed by atoms with Crippen molar-refractivity contribution in [2.75, 3.05) is 0 Å². The Bertz CT molecular complexity index is 291. The fourth-order valence-corrected chi connectivity index (χ4v) is 0.905. The first kappa shape index (κ1) is 9.54. The van der Waals surface area contributed by atoms with Gasteiger partial charge in [-0.3, -0.25) is 4.79 Å². The summed E-state index contributed by atoms with van der Waals surface area (Å²) in [4.78, 5) is 10.5. The molecule has 1 unspecified atom stereocenters. The zero-order valence-corrected chi connectivity index (χ0v) is 7.14. The predicted molar refractivity (Wildman–Crippen MR) is 49.5 cm³/mol. The fourth-order valence-electron chi connectivity index (χ4n) is 0.905. The van der Waals surface area contributed by atoms with Crippen LogP contribution in [0.1, 0.15) is 12.2 Å². The minimum absolute atomic E-state index is 0.150. The lowest BCUT2D eigenvalue weighted by Gasteiger charge is -2.00. The van der Waals surface area contributed by atoms with Crippen molar-refractivity contribution in [3.8, 4) is 0 Å². The Labute approximate surface area is 76.2 Å². The highest BCUT2D eigenvalue weighted by Gasteiger charge is 2.01. The largest absolute Gasteiger partial charge is 0.465 e. The summed E-state index contributed by atoms with van der Waals surface area (Å²) in [5, 5.41) is 0. The molecule has 4 heteroatoms. The fraction of sp³-hybridized carbons (Fsp3) is 0.222. The molecule has 1 rings (SSSR count). The number of hydrogen-bond acceptors (Lipinski definition) is 3. The van der Waals surface area contributed by atoms with Gasteiger partial charge in [0.2, 0.25) is 5.91 Å². The summed E-state index contributed by atoms with van der Waals surface area (Å²) in [6, 6.07) is 3.23. The standard InChI is InChI=1S/C9H12N2O2/c10-7(6-9(11)12)3-4-8-2-1-5-13-8/h1-5,7H,6,10H2,(H2,11,12)/b4-3+. The Balaban J connectivity index is 2.44. The van der Waals surface area contributed by atoms with Crippen LogP contribution in [0.5, 0.6) is 0 Å². The zero-order chi connectivity index (χ0) is 9.68. The first-order chi connectivity index (χ1) is 6.18. The molecule has 0 saturated heterocycles. The summed E-state index contributed by atoms with van der Waals surface area (Å²) in [5.74, 6) is 0.302. The molecule has 0 aliphatic carbocycles. The van der Waals surface area contributed by atoms with E-state index in [2.05, 4.69) is 0 Å². The summed E-state index contributed by atoms with van der Waals surface area (Å²) in [7, 11) is 0. The van der Waals surface area contributed by atoms with Gasteiger partial charge in [0.15, 0.2) is 0 Å². The van der Waals surface area contributed by atoms with Crippen LogP contribution in [0.25, 0.3) is 6.08 Å². The quantitative estimate of drug-likeness (QED) is 0.707. The Morgan fingerprint density at radius 2 is 2.46 bits per heavy atom. The van der Waals surface area contributed by atoms with E-state index < -0.39 is 5.91 Å². The van der Waals surface area contributed by atoms with Gasteiger partial charge in [0, 0.05) is 12.5 Å². The van der Waals surface area contributed by atoms with Crippen molar-refractivity contribution >= 4 is 12.0 Å². The molecule has 70 valence electrons. The summed E-state index contributed by atoms with van der Waals surface area (Å²) in [6.45, 7) is 0. The molecule has 0 fully saturated rings. The monoisotopic (exact) mass is 180 g/mol. The third-order valence-electron chi connectivity index (χ3n) is 1.49. The first-order valence-corrected chi connectivity index (χ1v) is 3.94. The number of hydrogen-bond donors (Lipinski definition) is 2. The minimum atomic E-state index is -0.406. The molecule has 0 saturated carbocycles. The Morgan fingerprint density at radius 3 is 3.00 bits per heavy atom. The zero-order valence-electron chi connectivity index (χ0n) is 7.14. The van der Waals surface area contributed by atoms with E-state index in [0.717, 1.165) is 0 Å². The molecule has 1 aromatic heterocycles. The molecule has 4 nitrogen and oxygen atoms in total. The second kappa shape index (κ2) is 4.47. The minimum Gasteiger partial charge on any atom is -0.465 e. The molecule has 1 aromatic rings. The normalized spacial score (nSPS) is 13.3. The highest BCUT2D eigenvalue weighted by molar-refractivity contribution is 5.74. The molecular formula is C9H12N2O2. The molecule has 0 aliphatic rings. The molecule has 0 spiro atoms. The van der Waals surface area contributed by atoms with E-state index in [1.165, 1.54) is 0 Å². The summed E-state index contributed by atoms with van der Waals surface area (Å²) < 4.78 is 5.03. The van der Waals surface area contributed by atoms with Crippen LogP contribution in [0, 0.1) is 0 Å². The van der Waals surface area contributed by atoms with Gasteiger partial charge in [-0.15, -0.1) is 0 Å². The van der Waals surface area contributed by atoms with Gasteiger partial charge in [-0.1, -0.05) is 6.08 Å². The van der Waals surface area contributed by atoms with Crippen LogP contribution in [0.3, 0.4) is 0 Å². The SMILES string of the molecule is NC(=O)CC(N)/C=C/c1ccco1. The molecule has 0 aliphatic heterocycles. The number of nitrogens with two attached hydrogens (primary N) is 2. The molecular weight excluding hydrogens is 168 g/mol. The summed E-state index contributed by atoms with van der Waals surface area (Å²) in [5.41, 5.74) is 10.5. The number of primary amides is 1. The van der Waals surface area contributed by atoms with Gasteiger partial charge < -0.3 is 15.9 Å². The molecule has 1 amide bonds. The maximum Gasteiger partial charge on any atom is 0.219 e. The second-order valence-corrected chi connectivity index (χ2v) is 2.71. The van der Waals surface area contributed by atoms with Gasteiger partial charge in [0.1, 0.15) is 5.76 Å². The second-order valence-electron chi connectivity index (χ2n) is 2.71. The number of carbonyl (C=O) groups is 1. The maximum absolute atomic E-state index is 10.5. The molecule has 0 bridgehead atoms. The topological polar surface area (TPSA) is 82.2 Å². The van der Waals surface area contributed by atoms with Gasteiger partial charge in [-0.05, 0) is 18.2 Å². The van der Waals surface area contributed by atoms with E-state index in [1.54, 1.807) is 30.5 Å². The van der Waals surface area contributed by atoms with E-state index in [0.29, 0.717) is 5.76 Å². The highest BCUT2D eigenvalue weighted by atomic mass is 16.3. The van der Waals surface area contributed by atoms with E-state index in [-0.39, 0.29) is 12.5 Å². The van der Waals surface area contributed by atoms with Gasteiger partial charge in [-0.25, -0.2) is 0 Å². The van der Waals surface area contributed by atoms with Crippen LogP contribution < -0.4 is 11.5 Å². The van der Waals surface area contributed by atoms with Crippen molar-refractivity contribution in [1.29, 1.82) is 0 Å². The molecule has 0 aromatic carbocycles. The number of amides is 1. The summed E-state index contributed by atoms with van der Waals surface area (Å²) in [6.07, 6.45) is 5.12. The Kier molecular flexibility index (Phi) is 3.28. The van der Waals surface area contributed by atoms with Crippen molar-refractivity contribution in [3.63, 3.8) is 0 Å². The third kappa shape index (κ3) is 3.57. The van der Waals surface area contributed by atoms with Gasteiger partial charge in [-0.2, -0.15) is 0 Å². The average molecular weight is 180 g/mol. The maximum atomic E-state index is 10.5. The molecule has 13 heavy (non-hydrogen) atoms. The average Bonchev–Trinajstić information content (AvgIpc) is 2.51. The molecule has 1 heterocycles. The Hall–Kier alpha value is -1.55. The van der Waals surface area contributed by atoms with Gasteiger partial charge >= 0.3 is 0 Å². The smallest absolute Gasteiger partial charge is 0.219 e. The van der Waals surface area contributed by atoms with Crippen molar-refractivity contribution < 1.29 is 9.21 Å². The predicted octanol–water partition coefficient (Wildman–Crippen LogP) is 0.495. The highest BCUT2D eigenvalue weighted by Crippen LogP contribution is 2.03. The lowest BCUT2D eigenvalue weighted by molar-refractivity contribution is -0.118. The van der Waals surface area contributed by atoms with E-state index in [1.807, 2.05) is 0 Å². The lowest BCUT2D eigenvalue weighted by Crippen LogP contribution is -2.25. The van der Waals surface area contributed by atoms with Crippen LogP contribution in [0.15, 0.2) is 28.9 Å². The van der Waals surface area contributed by atoms with E-state index in [4.69, 9.17) is 15.9 Å². The van der Waals surface area contributed by atoms with E-state index >= 15 is 0 Å². The lowest BCUT2D eigenvalue weighted by atomic mass is 10.2. The van der Waals surface area contributed by atoms with Gasteiger partial charge in [0.25, 0.3) is 0 Å². The molecule has 1 atom stereocenters. The first-order valence-electron chi connectivity index (χ1n) is 3.94. The third-order valence-corrected chi connectivity index (χ3v) is 1.49. The van der Waals surface area contributed by atoms with Crippen molar-refractivity contribution in [2.24, 2.45) is 11.5 Å². The number of rotatable bonds is 4. The van der Waals surface area contributed by atoms with Crippen LogP contribution in [0.4, 0.5) is 0 Å².